The molecule has 13 heteroatoms. The molecule has 7 nitrogen and oxygen atoms in total. The Balaban J connectivity index is 1.48. The quantitative estimate of drug-likeness (QED) is 0.396. The lowest BCUT2D eigenvalue weighted by molar-refractivity contribution is -0.138. The summed E-state index contributed by atoms with van der Waals surface area (Å²) in [5.74, 6) is -0.808. The zero-order valence-corrected chi connectivity index (χ0v) is 20.9. The van der Waals surface area contributed by atoms with Gasteiger partial charge in [-0.15, -0.1) is 0 Å². The molecule has 0 bridgehead atoms. The van der Waals surface area contributed by atoms with Gasteiger partial charge in [0.25, 0.3) is 0 Å². The van der Waals surface area contributed by atoms with Crippen LogP contribution in [0.4, 0.5) is 49.5 Å². The Bertz CT molecular complexity index is 1290. The molecule has 3 aromatic rings. The van der Waals surface area contributed by atoms with E-state index >= 15 is 0 Å². The van der Waals surface area contributed by atoms with E-state index in [9.17, 15) is 26.3 Å². The van der Waals surface area contributed by atoms with Crippen LogP contribution in [0.3, 0.4) is 0 Å². The molecule has 0 aliphatic carbocycles. The fourth-order valence-electron chi connectivity index (χ4n) is 4.75. The minimum Gasteiger partial charge on any atom is -0.368 e. The smallest absolute Gasteiger partial charge is 0.368 e. The van der Waals surface area contributed by atoms with Crippen molar-refractivity contribution in [3.8, 4) is 0 Å². The molecule has 1 N–H and O–H groups in total. The minimum absolute atomic E-state index is 0.00661. The van der Waals surface area contributed by atoms with Crippen LogP contribution >= 0.6 is 0 Å². The first-order valence-electron chi connectivity index (χ1n) is 12.3. The molecule has 1 atom stereocenters. The van der Waals surface area contributed by atoms with Crippen molar-refractivity contribution in [3.05, 3.63) is 71.4 Å². The normalized spacial score (nSPS) is 19.0. The number of nitrogens with one attached hydrogen (secondary N) is 1. The van der Waals surface area contributed by atoms with Gasteiger partial charge in [-0.25, -0.2) is 10.0 Å². The number of likely N-dealkylation sites (N-methyl/N-ethyl adjacent to an activating group) is 1. The van der Waals surface area contributed by atoms with Crippen molar-refractivity contribution in [2.45, 2.75) is 24.8 Å². The fourth-order valence-corrected chi connectivity index (χ4v) is 4.75. The molecule has 2 aliphatic heterocycles. The van der Waals surface area contributed by atoms with Gasteiger partial charge < -0.3 is 15.1 Å². The van der Waals surface area contributed by atoms with E-state index in [1.54, 1.807) is 35.2 Å². The van der Waals surface area contributed by atoms with E-state index in [1.165, 1.54) is 12.1 Å². The van der Waals surface area contributed by atoms with Crippen LogP contribution in [0.25, 0.3) is 0 Å². The van der Waals surface area contributed by atoms with Crippen molar-refractivity contribution in [1.82, 2.24) is 14.9 Å². The molecule has 1 aromatic heterocycles. The monoisotopic (exact) mass is 552 g/mol. The first kappa shape index (κ1) is 27.0. The van der Waals surface area contributed by atoms with E-state index in [2.05, 4.69) is 15.3 Å². The molecule has 2 aromatic carbocycles. The number of rotatable bonds is 5. The Morgan fingerprint density at radius 1 is 0.897 bits per heavy atom. The highest BCUT2D eigenvalue weighted by Gasteiger charge is 2.41. The number of piperazine rings is 1. The highest BCUT2D eigenvalue weighted by atomic mass is 19.4. The predicted molar refractivity (Wildman–Crippen MR) is 134 cm³/mol. The molecule has 2 fully saturated rings. The highest BCUT2D eigenvalue weighted by molar-refractivity contribution is 5.66. The van der Waals surface area contributed by atoms with Gasteiger partial charge in [0.05, 0.1) is 18.2 Å². The van der Waals surface area contributed by atoms with Crippen molar-refractivity contribution in [1.29, 1.82) is 0 Å². The van der Waals surface area contributed by atoms with Crippen LogP contribution in [0.5, 0.6) is 0 Å². The summed E-state index contributed by atoms with van der Waals surface area (Å²) in [4.78, 5) is 17.1. The third-order valence-corrected chi connectivity index (χ3v) is 6.77. The number of hydrogen-bond acceptors (Lipinski definition) is 7. The number of anilines is 4. The lowest BCUT2D eigenvalue weighted by Crippen LogP contribution is -2.45. The van der Waals surface area contributed by atoms with Crippen LogP contribution in [-0.2, 0) is 17.2 Å². The molecule has 39 heavy (non-hydrogen) atoms. The van der Waals surface area contributed by atoms with Gasteiger partial charge in [-0.05, 0) is 30.8 Å². The molecule has 2 aliphatic rings. The Labute approximate surface area is 221 Å². The van der Waals surface area contributed by atoms with Crippen molar-refractivity contribution < 1.29 is 31.2 Å². The Morgan fingerprint density at radius 3 is 2.26 bits per heavy atom. The van der Waals surface area contributed by atoms with E-state index in [-0.39, 0.29) is 23.9 Å². The molecule has 5 rings (SSSR count). The van der Waals surface area contributed by atoms with Gasteiger partial charge in [0.15, 0.2) is 5.82 Å². The summed E-state index contributed by atoms with van der Waals surface area (Å²) in [6.07, 6.45) is -8.39. The molecule has 0 spiro atoms. The Hall–Kier alpha value is -3.58. The van der Waals surface area contributed by atoms with E-state index in [4.69, 9.17) is 4.84 Å². The number of alkyl halides is 6. The molecule has 0 amide bonds. The van der Waals surface area contributed by atoms with Gasteiger partial charge in [-0.1, -0.05) is 30.3 Å². The van der Waals surface area contributed by atoms with Crippen LogP contribution in [0.2, 0.25) is 0 Å². The third kappa shape index (κ3) is 5.88. The molecule has 0 saturated carbocycles. The lowest BCUT2D eigenvalue weighted by atomic mass is 10.0. The number of halogens is 6. The van der Waals surface area contributed by atoms with Gasteiger partial charge in [-0.3, -0.25) is 4.84 Å². The summed E-state index contributed by atoms with van der Waals surface area (Å²) in [5, 5.41) is 3.75. The van der Waals surface area contributed by atoms with E-state index in [0.29, 0.717) is 38.8 Å². The second kappa shape index (κ2) is 10.5. The van der Waals surface area contributed by atoms with Gasteiger partial charge >= 0.3 is 12.4 Å². The topological polar surface area (TPSA) is 56.8 Å². The van der Waals surface area contributed by atoms with E-state index in [1.807, 2.05) is 11.9 Å². The third-order valence-electron chi connectivity index (χ3n) is 6.77. The molecular formula is C26H26F6N6O. The summed E-state index contributed by atoms with van der Waals surface area (Å²) >= 11 is 0. The van der Waals surface area contributed by atoms with Crippen LogP contribution in [0.1, 0.15) is 29.2 Å². The lowest BCUT2D eigenvalue weighted by Gasteiger charge is -2.35. The number of hydroxylamine groups is 1. The summed E-state index contributed by atoms with van der Waals surface area (Å²) in [6, 6.07) is 12.1. The first-order chi connectivity index (χ1) is 18.5. The van der Waals surface area contributed by atoms with Gasteiger partial charge in [0, 0.05) is 50.2 Å². The second-order valence-electron chi connectivity index (χ2n) is 9.45. The zero-order valence-electron chi connectivity index (χ0n) is 20.9. The summed E-state index contributed by atoms with van der Waals surface area (Å²) in [6.45, 7) is 2.31. The SMILES string of the molecule is CN1CCN(c2ccc(Nc3ncc(C(F)(F)F)c(N4OCC[C@H]4c4ccccc4)n3)cc2C(F)(F)F)CC1. The largest absolute Gasteiger partial charge is 0.421 e. The number of hydrogen-bond donors (Lipinski definition) is 1. The Morgan fingerprint density at radius 2 is 1.59 bits per heavy atom. The zero-order chi connectivity index (χ0) is 27.8. The number of aromatic nitrogens is 2. The summed E-state index contributed by atoms with van der Waals surface area (Å²) < 4.78 is 83.7. The standard InChI is InChI=1S/C26H26F6N6O/c1-36-10-12-37(13-11-36)22-8-7-18(15-19(22)25(27,28)29)34-24-33-16-20(26(30,31)32)23(35-24)38-21(9-14-39-38)17-5-3-2-4-6-17/h2-8,15-16,21H,9-14H2,1H3,(H,33,34,35)/t21-/m0/s1. The van der Waals surface area contributed by atoms with Crippen LogP contribution < -0.4 is 15.3 Å². The molecule has 2 saturated heterocycles. The van der Waals surface area contributed by atoms with Crippen LogP contribution in [0, 0.1) is 0 Å². The fraction of sp³-hybridized carbons (Fsp3) is 0.385. The molecular weight excluding hydrogens is 526 g/mol. The molecule has 3 heterocycles. The minimum atomic E-state index is -4.78. The summed E-state index contributed by atoms with van der Waals surface area (Å²) in [7, 11) is 1.91. The maximum Gasteiger partial charge on any atom is 0.421 e. The average molecular weight is 553 g/mol. The van der Waals surface area contributed by atoms with Gasteiger partial charge in [-0.2, -0.15) is 31.3 Å². The highest BCUT2D eigenvalue weighted by Crippen LogP contribution is 2.42. The number of benzene rings is 2. The average Bonchev–Trinajstić information content (AvgIpc) is 3.39. The van der Waals surface area contributed by atoms with Gasteiger partial charge in [0.1, 0.15) is 5.56 Å². The Kier molecular flexibility index (Phi) is 7.29. The van der Waals surface area contributed by atoms with Crippen molar-refractivity contribution in [3.63, 3.8) is 0 Å². The van der Waals surface area contributed by atoms with Gasteiger partial charge in [0.2, 0.25) is 5.95 Å². The van der Waals surface area contributed by atoms with Crippen LogP contribution in [0.15, 0.2) is 54.7 Å². The van der Waals surface area contributed by atoms with E-state index < -0.39 is 35.3 Å². The molecule has 0 radical (unpaired) electrons. The van der Waals surface area contributed by atoms with Crippen molar-refractivity contribution in [2.24, 2.45) is 0 Å². The molecule has 0 unspecified atom stereocenters. The predicted octanol–water partition coefficient (Wildman–Crippen LogP) is 5.89. The maximum atomic E-state index is 14.0. The summed E-state index contributed by atoms with van der Waals surface area (Å²) in [5.41, 5.74) is -1.18. The second-order valence-corrected chi connectivity index (χ2v) is 9.45. The van der Waals surface area contributed by atoms with E-state index in [0.717, 1.165) is 16.7 Å². The number of nitrogens with zero attached hydrogens (tertiary/aromatic N) is 5. The van der Waals surface area contributed by atoms with Crippen molar-refractivity contribution >= 4 is 23.1 Å². The first-order valence-corrected chi connectivity index (χ1v) is 12.3. The molecule has 208 valence electrons. The maximum absolute atomic E-state index is 14.0. The van der Waals surface area contributed by atoms with Crippen LogP contribution in [-0.4, -0.2) is 54.7 Å². The van der Waals surface area contributed by atoms with Crippen molar-refractivity contribution in [2.75, 3.05) is 55.1 Å².